The van der Waals surface area contributed by atoms with Crippen molar-refractivity contribution in [3.8, 4) is 0 Å². The summed E-state index contributed by atoms with van der Waals surface area (Å²) < 4.78 is 1.83. The molecule has 0 saturated heterocycles. The van der Waals surface area contributed by atoms with Gasteiger partial charge in [-0.25, -0.2) is 0 Å². The normalized spacial score (nSPS) is 19.4. The fourth-order valence-corrected chi connectivity index (χ4v) is 5.05. The molecule has 1 aliphatic rings. The molecule has 1 saturated carbocycles. The number of carbonyl (C=O) groups excluding carboxylic acids is 2. The Labute approximate surface area is 209 Å². The Bertz CT molecular complexity index is 997. The van der Waals surface area contributed by atoms with Gasteiger partial charge in [0.1, 0.15) is 0 Å². The number of nitrogens with one attached hydrogen (secondary N) is 2. The first-order valence-electron chi connectivity index (χ1n) is 11.2. The SMILES string of the molecule is CC(C)[C@H](NC(=O)c1ccc(Cl)c(Cl)c1)c1nnc(SCC(=O)N[C@@H]2CCCC[C@@H]2C)n1C. The van der Waals surface area contributed by atoms with Gasteiger partial charge in [0.2, 0.25) is 5.91 Å². The second kappa shape index (κ2) is 11.6. The number of hydrogen-bond donors (Lipinski definition) is 2. The second-order valence-electron chi connectivity index (χ2n) is 8.95. The van der Waals surface area contributed by atoms with E-state index < -0.39 is 0 Å². The standard InChI is InChI=1S/C23H31Cl2N5O2S/c1-13(2)20(27-22(32)15-9-10-16(24)17(25)11-15)21-28-29-23(30(21)4)33-12-19(31)26-18-8-6-5-7-14(18)3/h9-11,13-14,18,20H,5-8,12H2,1-4H3,(H,26,31)(H,27,32)/t14-,18+,20-/m0/s1. The Morgan fingerprint density at radius 2 is 1.91 bits per heavy atom. The van der Waals surface area contributed by atoms with Crippen LogP contribution >= 0.6 is 35.0 Å². The van der Waals surface area contributed by atoms with Crippen molar-refractivity contribution in [3.63, 3.8) is 0 Å². The van der Waals surface area contributed by atoms with Crippen molar-refractivity contribution in [1.82, 2.24) is 25.4 Å². The largest absolute Gasteiger partial charge is 0.352 e. The molecule has 2 amide bonds. The average molecular weight is 513 g/mol. The van der Waals surface area contributed by atoms with Crippen molar-refractivity contribution in [3.05, 3.63) is 39.6 Å². The molecule has 1 aromatic heterocycles. The lowest BCUT2D eigenvalue weighted by atomic mass is 9.86. The Morgan fingerprint density at radius 1 is 1.18 bits per heavy atom. The van der Waals surface area contributed by atoms with Gasteiger partial charge in [0.15, 0.2) is 11.0 Å². The van der Waals surface area contributed by atoms with E-state index in [2.05, 4.69) is 27.8 Å². The zero-order chi connectivity index (χ0) is 24.1. The molecule has 1 fully saturated rings. The summed E-state index contributed by atoms with van der Waals surface area (Å²) in [7, 11) is 1.85. The summed E-state index contributed by atoms with van der Waals surface area (Å²) in [5, 5.41) is 16.1. The molecule has 3 atom stereocenters. The molecule has 0 spiro atoms. The molecule has 33 heavy (non-hydrogen) atoms. The van der Waals surface area contributed by atoms with E-state index in [9.17, 15) is 9.59 Å². The van der Waals surface area contributed by atoms with Crippen molar-refractivity contribution < 1.29 is 9.59 Å². The molecule has 2 aromatic rings. The van der Waals surface area contributed by atoms with Gasteiger partial charge in [0.25, 0.3) is 5.91 Å². The third-order valence-corrected chi connectivity index (χ3v) is 7.83. The van der Waals surface area contributed by atoms with Gasteiger partial charge in [0.05, 0.1) is 21.8 Å². The van der Waals surface area contributed by atoms with E-state index in [1.807, 2.05) is 25.5 Å². The van der Waals surface area contributed by atoms with E-state index >= 15 is 0 Å². The van der Waals surface area contributed by atoms with Gasteiger partial charge < -0.3 is 15.2 Å². The van der Waals surface area contributed by atoms with Crippen molar-refractivity contribution in [1.29, 1.82) is 0 Å². The van der Waals surface area contributed by atoms with Gasteiger partial charge in [0, 0.05) is 18.7 Å². The predicted molar refractivity (Wildman–Crippen MR) is 133 cm³/mol. The fraction of sp³-hybridized carbons (Fsp3) is 0.565. The highest BCUT2D eigenvalue weighted by atomic mass is 35.5. The van der Waals surface area contributed by atoms with Crippen LogP contribution in [0.2, 0.25) is 10.0 Å². The molecule has 3 rings (SSSR count). The molecule has 180 valence electrons. The van der Waals surface area contributed by atoms with Crippen molar-refractivity contribution in [2.24, 2.45) is 18.9 Å². The van der Waals surface area contributed by atoms with Crippen LogP contribution in [0.5, 0.6) is 0 Å². The third-order valence-electron chi connectivity index (χ3n) is 6.07. The lowest BCUT2D eigenvalue weighted by Crippen LogP contribution is -2.41. The highest BCUT2D eigenvalue weighted by molar-refractivity contribution is 7.99. The van der Waals surface area contributed by atoms with Crippen LogP contribution in [0.3, 0.4) is 0 Å². The van der Waals surface area contributed by atoms with Gasteiger partial charge in [-0.3, -0.25) is 9.59 Å². The molecule has 0 radical (unpaired) electrons. The highest BCUT2D eigenvalue weighted by Gasteiger charge is 2.26. The number of thioether (sulfide) groups is 1. The summed E-state index contributed by atoms with van der Waals surface area (Å²) in [5.41, 5.74) is 0.417. The Morgan fingerprint density at radius 3 is 2.58 bits per heavy atom. The number of amides is 2. The second-order valence-corrected chi connectivity index (χ2v) is 10.7. The molecule has 1 aliphatic carbocycles. The minimum Gasteiger partial charge on any atom is -0.352 e. The number of rotatable bonds is 8. The minimum absolute atomic E-state index is 0.0108. The van der Waals surface area contributed by atoms with Crippen LogP contribution in [-0.2, 0) is 11.8 Å². The lowest BCUT2D eigenvalue weighted by molar-refractivity contribution is -0.119. The Balaban J connectivity index is 1.64. The van der Waals surface area contributed by atoms with Gasteiger partial charge in [-0.05, 0) is 42.9 Å². The maximum Gasteiger partial charge on any atom is 0.251 e. The molecule has 1 aromatic carbocycles. The summed E-state index contributed by atoms with van der Waals surface area (Å²) in [6.45, 7) is 6.20. The summed E-state index contributed by atoms with van der Waals surface area (Å²) in [6.07, 6.45) is 4.61. The van der Waals surface area contributed by atoms with E-state index in [4.69, 9.17) is 23.2 Å². The minimum atomic E-state index is -0.365. The van der Waals surface area contributed by atoms with Crippen molar-refractivity contribution in [2.45, 2.75) is 63.7 Å². The first kappa shape index (κ1) is 25.8. The quantitative estimate of drug-likeness (QED) is 0.484. The van der Waals surface area contributed by atoms with Gasteiger partial charge >= 0.3 is 0 Å². The zero-order valence-corrected chi connectivity index (χ0v) is 21.7. The van der Waals surface area contributed by atoms with E-state index in [0.717, 1.165) is 12.8 Å². The fourth-order valence-electron chi connectivity index (χ4n) is 4.02. The van der Waals surface area contributed by atoms with Crippen molar-refractivity contribution >= 4 is 46.8 Å². The van der Waals surface area contributed by atoms with Crippen LogP contribution in [0.1, 0.15) is 68.7 Å². The summed E-state index contributed by atoms with van der Waals surface area (Å²) in [5.74, 6) is 1.22. The van der Waals surface area contributed by atoms with E-state index in [-0.39, 0.29) is 35.6 Å². The van der Waals surface area contributed by atoms with Crippen molar-refractivity contribution in [2.75, 3.05) is 5.75 Å². The average Bonchev–Trinajstić information content (AvgIpc) is 3.13. The monoisotopic (exact) mass is 511 g/mol. The summed E-state index contributed by atoms with van der Waals surface area (Å²) in [4.78, 5) is 25.3. The topological polar surface area (TPSA) is 88.9 Å². The Kier molecular flexibility index (Phi) is 9.07. The van der Waals surface area contributed by atoms with Crippen LogP contribution in [0.25, 0.3) is 0 Å². The maximum absolute atomic E-state index is 12.8. The molecule has 0 unspecified atom stereocenters. The summed E-state index contributed by atoms with van der Waals surface area (Å²) >= 11 is 13.4. The predicted octanol–water partition coefficient (Wildman–Crippen LogP) is 5.04. The number of hydrogen-bond acceptors (Lipinski definition) is 5. The van der Waals surface area contributed by atoms with Gasteiger partial charge in [-0.15, -0.1) is 10.2 Å². The number of benzene rings is 1. The third kappa shape index (κ3) is 6.64. The first-order chi connectivity index (χ1) is 15.7. The van der Waals surface area contributed by atoms with Crippen LogP contribution in [0.15, 0.2) is 23.4 Å². The maximum atomic E-state index is 12.8. The number of halogens is 2. The van der Waals surface area contributed by atoms with Crippen LogP contribution in [0, 0.1) is 11.8 Å². The molecule has 0 aliphatic heterocycles. The van der Waals surface area contributed by atoms with E-state index in [0.29, 0.717) is 32.5 Å². The molecule has 1 heterocycles. The molecule has 10 heteroatoms. The smallest absolute Gasteiger partial charge is 0.251 e. The van der Waals surface area contributed by atoms with E-state index in [1.165, 1.54) is 24.6 Å². The molecule has 0 bridgehead atoms. The van der Waals surface area contributed by atoms with E-state index in [1.54, 1.807) is 18.2 Å². The van der Waals surface area contributed by atoms with Gasteiger partial charge in [-0.2, -0.15) is 0 Å². The summed E-state index contributed by atoms with van der Waals surface area (Å²) in [6, 6.07) is 4.66. The van der Waals surface area contributed by atoms with Crippen LogP contribution in [0.4, 0.5) is 0 Å². The highest BCUT2D eigenvalue weighted by Crippen LogP contribution is 2.27. The number of nitrogens with zero attached hydrogens (tertiary/aromatic N) is 3. The molecule has 7 nitrogen and oxygen atoms in total. The Hall–Kier alpha value is -1.77. The lowest BCUT2D eigenvalue weighted by Gasteiger charge is -2.29. The molecule has 2 N–H and O–H groups in total. The zero-order valence-electron chi connectivity index (χ0n) is 19.4. The number of carbonyl (C=O) groups is 2. The molecular weight excluding hydrogens is 481 g/mol. The molecular formula is C23H31Cl2N5O2S. The van der Waals surface area contributed by atoms with Crippen LogP contribution in [-0.4, -0.2) is 38.4 Å². The first-order valence-corrected chi connectivity index (χ1v) is 13.0. The van der Waals surface area contributed by atoms with Gasteiger partial charge in [-0.1, -0.05) is 68.6 Å². The number of aromatic nitrogens is 3. The van der Waals surface area contributed by atoms with Crippen LogP contribution < -0.4 is 10.6 Å².